The molecule has 3 aromatic rings. The molecule has 0 saturated heterocycles. The quantitative estimate of drug-likeness (QED) is 0.719. The summed E-state index contributed by atoms with van der Waals surface area (Å²) in [6, 6.07) is 18.7. The minimum Gasteiger partial charge on any atom is -0.399 e. The van der Waals surface area contributed by atoms with Crippen LogP contribution in [-0.4, -0.2) is 4.98 Å². The predicted molar refractivity (Wildman–Crippen MR) is 89.4 cm³/mol. The fraction of sp³-hybridized carbons (Fsp3) is 0.211. The highest BCUT2D eigenvalue weighted by atomic mass is 14.7. The molecule has 0 amide bonds. The lowest BCUT2D eigenvalue weighted by Gasteiger charge is -2.11. The minimum absolute atomic E-state index is 0.790. The van der Waals surface area contributed by atoms with Gasteiger partial charge in [0.15, 0.2) is 0 Å². The molecule has 2 aromatic carbocycles. The first-order valence-corrected chi connectivity index (χ1v) is 7.48. The molecular weight excluding hydrogens is 256 g/mol. The van der Waals surface area contributed by atoms with Crippen molar-refractivity contribution in [3.05, 3.63) is 71.4 Å². The maximum Gasteiger partial charge on any atom is 0.0707 e. The highest BCUT2D eigenvalue weighted by molar-refractivity contribution is 5.82. The molecule has 106 valence electrons. The third-order valence-electron chi connectivity index (χ3n) is 3.73. The highest BCUT2D eigenvalue weighted by Gasteiger charge is 2.07. The Morgan fingerprint density at radius 1 is 1.00 bits per heavy atom. The number of rotatable bonds is 4. The summed E-state index contributed by atoms with van der Waals surface area (Å²) in [5, 5.41) is 1.13. The van der Waals surface area contributed by atoms with Crippen LogP contribution in [0.5, 0.6) is 0 Å². The van der Waals surface area contributed by atoms with Gasteiger partial charge in [0.1, 0.15) is 0 Å². The van der Waals surface area contributed by atoms with E-state index in [0.717, 1.165) is 35.9 Å². The van der Waals surface area contributed by atoms with E-state index in [1.54, 1.807) is 0 Å². The summed E-state index contributed by atoms with van der Waals surface area (Å²) in [5.41, 5.74) is 11.6. The molecule has 1 aromatic heterocycles. The lowest BCUT2D eigenvalue weighted by molar-refractivity contribution is 0.870. The van der Waals surface area contributed by atoms with E-state index >= 15 is 0 Å². The SMILES string of the molecule is CCCc1nc2ccc(N)cc2cc1Cc1ccccc1. The monoisotopic (exact) mass is 276 g/mol. The van der Waals surface area contributed by atoms with Crippen molar-refractivity contribution < 1.29 is 0 Å². The Morgan fingerprint density at radius 3 is 2.57 bits per heavy atom. The van der Waals surface area contributed by atoms with Crippen LogP contribution in [0, 0.1) is 0 Å². The van der Waals surface area contributed by atoms with Crippen LogP contribution in [0.2, 0.25) is 0 Å². The van der Waals surface area contributed by atoms with Gasteiger partial charge in [-0.15, -0.1) is 0 Å². The standard InChI is InChI=1S/C19H20N2/c1-2-6-18-15(11-14-7-4-3-5-8-14)12-16-13-17(20)9-10-19(16)21-18/h3-5,7-10,12-13H,2,6,11,20H2,1H3. The maximum atomic E-state index is 5.90. The summed E-state index contributed by atoms with van der Waals surface area (Å²) < 4.78 is 0. The van der Waals surface area contributed by atoms with Gasteiger partial charge in [-0.3, -0.25) is 4.98 Å². The van der Waals surface area contributed by atoms with Gasteiger partial charge in [-0.05, 0) is 48.2 Å². The van der Waals surface area contributed by atoms with Crippen LogP contribution in [0.3, 0.4) is 0 Å². The van der Waals surface area contributed by atoms with Gasteiger partial charge in [0, 0.05) is 16.8 Å². The number of anilines is 1. The van der Waals surface area contributed by atoms with Gasteiger partial charge in [0.05, 0.1) is 5.52 Å². The Bertz CT molecular complexity index is 748. The minimum atomic E-state index is 0.790. The number of nitrogens with zero attached hydrogens (tertiary/aromatic N) is 1. The second-order valence-electron chi connectivity index (χ2n) is 5.46. The number of benzene rings is 2. The molecular formula is C19H20N2. The zero-order valence-corrected chi connectivity index (χ0v) is 12.3. The van der Waals surface area contributed by atoms with Gasteiger partial charge in [-0.2, -0.15) is 0 Å². The summed E-state index contributed by atoms with van der Waals surface area (Å²) in [7, 11) is 0. The van der Waals surface area contributed by atoms with Crippen molar-refractivity contribution in [2.24, 2.45) is 0 Å². The average molecular weight is 276 g/mol. The molecule has 1 heterocycles. The van der Waals surface area contributed by atoms with E-state index < -0.39 is 0 Å². The highest BCUT2D eigenvalue weighted by Crippen LogP contribution is 2.22. The van der Waals surface area contributed by atoms with E-state index in [-0.39, 0.29) is 0 Å². The van der Waals surface area contributed by atoms with E-state index in [0.29, 0.717) is 0 Å². The number of hydrogen-bond donors (Lipinski definition) is 1. The van der Waals surface area contributed by atoms with E-state index in [1.165, 1.54) is 16.8 Å². The molecule has 2 N–H and O–H groups in total. The van der Waals surface area contributed by atoms with Crippen LogP contribution >= 0.6 is 0 Å². The average Bonchev–Trinajstić information content (AvgIpc) is 2.49. The normalized spacial score (nSPS) is 10.9. The molecule has 0 aliphatic carbocycles. The van der Waals surface area contributed by atoms with Crippen molar-refractivity contribution >= 4 is 16.6 Å². The van der Waals surface area contributed by atoms with Gasteiger partial charge in [-0.1, -0.05) is 43.7 Å². The molecule has 2 nitrogen and oxygen atoms in total. The Balaban J connectivity index is 2.07. The number of nitrogen functional groups attached to an aromatic ring is 1. The van der Waals surface area contributed by atoms with E-state index in [9.17, 15) is 0 Å². The number of hydrogen-bond acceptors (Lipinski definition) is 2. The number of nitrogens with two attached hydrogens (primary N) is 1. The van der Waals surface area contributed by atoms with Gasteiger partial charge in [0.2, 0.25) is 0 Å². The largest absolute Gasteiger partial charge is 0.399 e. The number of fused-ring (bicyclic) bond motifs is 1. The van der Waals surface area contributed by atoms with Crippen molar-refractivity contribution in [2.75, 3.05) is 5.73 Å². The van der Waals surface area contributed by atoms with Crippen molar-refractivity contribution in [1.29, 1.82) is 0 Å². The summed E-state index contributed by atoms with van der Waals surface area (Å²) in [4.78, 5) is 4.85. The Hall–Kier alpha value is -2.35. The topological polar surface area (TPSA) is 38.9 Å². The molecule has 0 fully saturated rings. The van der Waals surface area contributed by atoms with E-state index in [4.69, 9.17) is 10.7 Å². The molecule has 0 unspecified atom stereocenters. The molecule has 0 atom stereocenters. The van der Waals surface area contributed by atoms with Crippen LogP contribution in [0.4, 0.5) is 5.69 Å². The van der Waals surface area contributed by atoms with E-state index in [2.05, 4.69) is 43.3 Å². The first-order chi connectivity index (χ1) is 10.3. The first kappa shape index (κ1) is 13.6. The molecule has 2 heteroatoms. The predicted octanol–water partition coefficient (Wildman–Crippen LogP) is 4.36. The molecule has 0 spiro atoms. The molecule has 0 aliphatic rings. The summed E-state index contributed by atoms with van der Waals surface area (Å²) >= 11 is 0. The number of pyridine rings is 1. The molecule has 0 bridgehead atoms. The van der Waals surface area contributed by atoms with Crippen LogP contribution < -0.4 is 5.73 Å². The van der Waals surface area contributed by atoms with Crippen molar-refractivity contribution in [2.45, 2.75) is 26.2 Å². The molecule has 0 aliphatic heterocycles. The van der Waals surface area contributed by atoms with Gasteiger partial charge >= 0.3 is 0 Å². The zero-order chi connectivity index (χ0) is 14.7. The number of aryl methyl sites for hydroxylation is 1. The zero-order valence-electron chi connectivity index (χ0n) is 12.3. The molecule has 3 rings (SSSR count). The fourth-order valence-electron chi connectivity index (χ4n) is 2.70. The van der Waals surface area contributed by atoms with Crippen molar-refractivity contribution in [3.63, 3.8) is 0 Å². The Labute approximate surface area is 125 Å². The second kappa shape index (κ2) is 5.96. The maximum absolute atomic E-state index is 5.90. The van der Waals surface area contributed by atoms with Crippen molar-refractivity contribution in [1.82, 2.24) is 4.98 Å². The van der Waals surface area contributed by atoms with Crippen LogP contribution in [0.25, 0.3) is 10.9 Å². The fourth-order valence-corrected chi connectivity index (χ4v) is 2.70. The third-order valence-corrected chi connectivity index (χ3v) is 3.73. The Morgan fingerprint density at radius 2 is 1.81 bits per heavy atom. The third kappa shape index (κ3) is 3.05. The Kier molecular flexibility index (Phi) is 3.87. The summed E-state index contributed by atoms with van der Waals surface area (Å²) in [6.07, 6.45) is 3.05. The van der Waals surface area contributed by atoms with Crippen LogP contribution in [0.15, 0.2) is 54.6 Å². The van der Waals surface area contributed by atoms with Crippen LogP contribution in [0.1, 0.15) is 30.2 Å². The first-order valence-electron chi connectivity index (χ1n) is 7.48. The lowest BCUT2D eigenvalue weighted by Crippen LogP contribution is -2.00. The smallest absolute Gasteiger partial charge is 0.0707 e. The van der Waals surface area contributed by atoms with Crippen molar-refractivity contribution in [3.8, 4) is 0 Å². The summed E-state index contributed by atoms with van der Waals surface area (Å²) in [6.45, 7) is 2.20. The molecule has 0 radical (unpaired) electrons. The lowest BCUT2D eigenvalue weighted by atomic mass is 9.99. The second-order valence-corrected chi connectivity index (χ2v) is 5.46. The van der Waals surface area contributed by atoms with Crippen LogP contribution in [-0.2, 0) is 12.8 Å². The van der Waals surface area contributed by atoms with Gasteiger partial charge in [0.25, 0.3) is 0 Å². The number of aromatic nitrogens is 1. The van der Waals surface area contributed by atoms with Gasteiger partial charge < -0.3 is 5.73 Å². The van der Waals surface area contributed by atoms with Gasteiger partial charge in [-0.25, -0.2) is 0 Å². The molecule has 21 heavy (non-hydrogen) atoms. The van der Waals surface area contributed by atoms with E-state index in [1.807, 2.05) is 18.2 Å². The molecule has 0 saturated carbocycles. The summed E-state index contributed by atoms with van der Waals surface area (Å²) in [5.74, 6) is 0.